The summed E-state index contributed by atoms with van der Waals surface area (Å²) in [6.45, 7) is 5.47. The number of halogens is 1. The number of morpholine rings is 1. The van der Waals surface area contributed by atoms with Gasteiger partial charge in [-0.05, 0) is 24.1 Å². The van der Waals surface area contributed by atoms with E-state index in [1.807, 2.05) is 41.0 Å². The Balaban J connectivity index is 1.73. The molecule has 7 heteroatoms. The molecule has 2 heterocycles. The predicted molar refractivity (Wildman–Crippen MR) is 124 cm³/mol. The molecule has 2 aromatic carbocycles. The van der Waals surface area contributed by atoms with Crippen LogP contribution in [0.15, 0.2) is 53.5 Å². The summed E-state index contributed by atoms with van der Waals surface area (Å²) in [5, 5.41) is 2.75. The molecule has 1 amide bonds. The third-order valence-electron chi connectivity index (χ3n) is 5.79. The number of carbonyl (C=O) groups excluding carboxylic acids is 1. The van der Waals surface area contributed by atoms with Gasteiger partial charge in [-0.3, -0.25) is 9.59 Å². The van der Waals surface area contributed by atoms with E-state index in [4.69, 9.17) is 4.74 Å². The summed E-state index contributed by atoms with van der Waals surface area (Å²) in [6, 6.07) is 12.7. The largest absolute Gasteiger partial charge is 0.378 e. The zero-order valence-corrected chi connectivity index (χ0v) is 18.3. The van der Waals surface area contributed by atoms with Crippen LogP contribution in [0.25, 0.3) is 10.9 Å². The van der Waals surface area contributed by atoms with Gasteiger partial charge in [0.05, 0.1) is 24.1 Å². The van der Waals surface area contributed by atoms with Crippen molar-refractivity contribution >= 4 is 22.5 Å². The van der Waals surface area contributed by atoms with Crippen molar-refractivity contribution < 1.29 is 13.9 Å². The maximum absolute atomic E-state index is 15.3. The fourth-order valence-electron chi connectivity index (χ4n) is 4.00. The lowest BCUT2D eigenvalue weighted by molar-refractivity contribution is 0.0949. The van der Waals surface area contributed by atoms with E-state index in [-0.39, 0.29) is 10.9 Å². The van der Waals surface area contributed by atoms with Crippen LogP contribution in [0.4, 0.5) is 10.1 Å². The van der Waals surface area contributed by atoms with E-state index in [1.165, 1.54) is 6.07 Å². The van der Waals surface area contributed by atoms with Gasteiger partial charge in [0.25, 0.3) is 5.91 Å². The highest BCUT2D eigenvalue weighted by Crippen LogP contribution is 2.25. The first kappa shape index (κ1) is 22.0. The molecule has 3 aromatic rings. The second-order valence-corrected chi connectivity index (χ2v) is 8.01. The highest BCUT2D eigenvalue weighted by molar-refractivity contribution is 5.98. The Kier molecular flexibility index (Phi) is 6.85. The summed E-state index contributed by atoms with van der Waals surface area (Å²) < 4.78 is 22.5. The van der Waals surface area contributed by atoms with Crippen LogP contribution in [0, 0.1) is 5.82 Å². The Morgan fingerprint density at radius 3 is 2.62 bits per heavy atom. The summed E-state index contributed by atoms with van der Waals surface area (Å²) in [7, 11) is 0. The first-order chi connectivity index (χ1) is 15.6. The zero-order chi connectivity index (χ0) is 22.5. The van der Waals surface area contributed by atoms with E-state index in [0.717, 1.165) is 24.1 Å². The minimum absolute atomic E-state index is 0.0366. The summed E-state index contributed by atoms with van der Waals surface area (Å²) >= 11 is 0. The number of aromatic nitrogens is 1. The number of pyridine rings is 1. The van der Waals surface area contributed by atoms with Gasteiger partial charge in [0.2, 0.25) is 5.43 Å². The standard InChI is InChI=1S/C25H28FN3O3/c1-2-3-9-29-17-20(25(31)27-16-18-7-5-4-6-8-18)24(30)23-21(26)14-19(15-22(23)29)28-10-12-32-13-11-28/h4-8,14-15,17H,2-3,9-13,16H2,1H3,(H,27,31). The highest BCUT2D eigenvalue weighted by Gasteiger charge is 2.21. The number of carbonyl (C=O) groups is 1. The van der Waals surface area contributed by atoms with Gasteiger partial charge in [0.1, 0.15) is 11.4 Å². The van der Waals surface area contributed by atoms with E-state index in [9.17, 15) is 9.59 Å². The van der Waals surface area contributed by atoms with E-state index in [0.29, 0.717) is 44.9 Å². The van der Waals surface area contributed by atoms with Gasteiger partial charge in [-0.25, -0.2) is 4.39 Å². The molecule has 0 bridgehead atoms. The summed E-state index contributed by atoms with van der Waals surface area (Å²) in [4.78, 5) is 28.1. The predicted octanol–water partition coefficient (Wildman–Crippen LogP) is 3.71. The molecule has 1 saturated heterocycles. The number of ether oxygens (including phenoxy) is 1. The maximum Gasteiger partial charge on any atom is 0.257 e. The van der Waals surface area contributed by atoms with Crippen molar-refractivity contribution in [2.75, 3.05) is 31.2 Å². The number of amides is 1. The highest BCUT2D eigenvalue weighted by atomic mass is 19.1. The van der Waals surface area contributed by atoms with Crippen molar-refractivity contribution in [2.24, 2.45) is 0 Å². The molecule has 0 unspecified atom stereocenters. The summed E-state index contributed by atoms with van der Waals surface area (Å²) in [6.07, 6.45) is 3.37. The molecule has 0 radical (unpaired) electrons. The first-order valence-corrected chi connectivity index (χ1v) is 11.1. The van der Waals surface area contributed by atoms with E-state index >= 15 is 4.39 Å². The average Bonchev–Trinajstić information content (AvgIpc) is 2.83. The van der Waals surface area contributed by atoms with Crippen molar-refractivity contribution in [3.63, 3.8) is 0 Å². The first-order valence-electron chi connectivity index (χ1n) is 11.1. The third kappa shape index (κ3) is 4.67. The van der Waals surface area contributed by atoms with Crippen molar-refractivity contribution in [1.29, 1.82) is 0 Å². The van der Waals surface area contributed by atoms with Gasteiger partial charge in [0.15, 0.2) is 0 Å². The molecule has 1 N–H and O–H groups in total. The molecular weight excluding hydrogens is 409 g/mol. The quantitative estimate of drug-likeness (QED) is 0.612. The number of benzene rings is 2. The number of aryl methyl sites for hydroxylation is 1. The van der Waals surface area contributed by atoms with Crippen molar-refractivity contribution in [3.05, 3.63) is 75.8 Å². The summed E-state index contributed by atoms with van der Waals surface area (Å²) in [5.41, 5.74) is 1.55. The van der Waals surface area contributed by atoms with Crippen LogP contribution in [-0.4, -0.2) is 36.8 Å². The fourth-order valence-corrected chi connectivity index (χ4v) is 4.00. The van der Waals surface area contributed by atoms with Crippen LogP contribution in [0.1, 0.15) is 35.7 Å². The molecule has 1 aliphatic rings. The molecule has 32 heavy (non-hydrogen) atoms. The molecule has 0 saturated carbocycles. The van der Waals surface area contributed by atoms with Crippen LogP contribution in [-0.2, 0) is 17.8 Å². The van der Waals surface area contributed by atoms with Gasteiger partial charge < -0.3 is 19.5 Å². The molecule has 6 nitrogen and oxygen atoms in total. The number of rotatable bonds is 7. The average molecular weight is 438 g/mol. The number of hydrogen-bond acceptors (Lipinski definition) is 4. The summed E-state index contributed by atoms with van der Waals surface area (Å²) in [5.74, 6) is -1.10. The lowest BCUT2D eigenvalue weighted by Gasteiger charge is -2.29. The van der Waals surface area contributed by atoms with Crippen LogP contribution in [0.3, 0.4) is 0 Å². The minimum atomic E-state index is -0.600. The molecule has 1 aliphatic heterocycles. The van der Waals surface area contributed by atoms with Crippen molar-refractivity contribution in [3.8, 4) is 0 Å². The number of nitrogens with zero attached hydrogens (tertiary/aromatic N) is 2. The smallest absolute Gasteiger partial charge is 0.257 e. The number of fused-ring (bicyclic) bond motifs is 1. The second-order valence-electron chi connectivity index (χ2n) is 8.01. The Morgan fingerprint density at radius 1 is 1.16 bits per heavy atom. The molecule has 0 atom stereocenters. The van der Waals surface area contributed by atoms with Crippen LogP contribution < -0.4 is 15.6 Å². The van der Waals surface area contributed by atoms with Crippen LogP contribution >= 0.6 is 0 Å². The van der Waals surface area contributed by atoms with Crippen LogP contribution in [0.5, 0.6) is 0 Å². The Bertz CT molecular complexity index is 1150. The maximum atomic E-state index is 15.3. The SMILES string of the molecule is CCCCn1cc(C(=O)NCc2ccccc2)c(=O)c2c(F)cc(N3CCOCC3)cc21. The Morgan fingerprint density at radius 2 is 1.91 bits per heavy atom. The fraction of sp³-hybridized carbons (Fsp3) is 0.360. The van der Waals surface area contributed by atoms with Gasteiger partial charge in [0, 0.05) is 38.1 Å². The molecule has 0 aliphatic carbocycles. The molecular formula is C25H28FN3O3. The van der Waals surface area contributed by atoms with Crippen LogP contribution in [0.2, 0.25) is 0 Å². The van der Waals surface area contributed by atoms with Crippen molar-refractivity contribution in [2.45, 2.75) is 32.9 Å². The lowest BCUT2D eigenvalue weighted by Crippen LogP contribution is -2.36. The molecule has 4 rings (SSSR count). The molecule has 168 valence electrons. The number of unbranched alkanes of at least 4 members (excludes halogenated alkanes) is 1. The molecule has 1 fully saturated rings. The van der Waals surface area contributed by atoms with E-state index < -0.39 is 17.2 Å². The molecule has 0 spiro atoms. The van der Waals surface area contributed by atoms with E-state index in [1.54, 1.807) is 6.20 Å². The third-order valence-corrected chi connectivity index (χ3v) is 5.79. The second kappa shape index (κ2) is 9.96. The van der Waals surface area contributed by atoms with Crippen molar-refractivity contribution in [1.82, 2.24) is 9.88 Å². The number of hydrogen-bond donors (Lipinski definition) is 1. The van der Waals surface area contributed by atoms with Gasteiger partial charge in [-0.1, -0.05) is 43.7 Å². The van der Waals surface area contributed by atoms with Gasteiger partial charge in [-0.15, -0.1) is 0 Å². The number of nitrogens with one attached hydrogen (secondary N) is 1. The zero-order valence-electron chi connectivity index (χ0n) is 18.3. The monoisotopic (exact) mass is 437 g/mol. The van der Waals surface area contributed by atoms with E-state index in [2.05, 4.69) is 17.1 Å². The Hall–Kier alpha value is -3.19. The Labute approximate surface area is 186 Å². The minimum Gasteiger partial charge on any atom is -0.378 e. The number of anilines is 1. The molecule has 1 aromatic heterocycles. The topological polar surface area (TPSA) is 63.6 Å². The van der Waals surface area contributed by atoms with Gasteiger partial charge in [-0.2, -0.15) is 0 Å². The van der Waals surface area contributed by atoms with Gasteiger partial charge >= 0.3 is 0 Å². The normalized spacial score (nSPS) is 14.0. The lowest BCUT2D eigenvalue weighted by atomic mass is 10.1.